The number of hydrogen-bond donors (Lipinski definition) is 2. The molecule has 0 heterocycles. The fraction of sp³-hybridized carbons (Fsp3) is 0.909. The third-order valence-electron chi connectivity index (χ3n) is 1.65. The Balaban J connectivity index is 3.46. The molecule has 0 fully saturated rings. The van der Waals surface area contributed by atoms with Crippen LogP contribution >= 0.6 is 0 Å². The zero-order valence-electron chi connectivity index (χ0n) is 10.1. The van der Waals surface area contributed by atoms with E-state index in [1.165, 1.54) is 0 Å². The van der Waals surface area contributed by atoms with Crippen molar-refractivity contribution in [1.82, 2.24) is 10.6 Å². The van der Waals surface area contributed by atoms with Crippen LogP contribution in [0.4, 0.5) is 0 Å². The van der Waals surface area contributed by atoms with E-state index in [2.05, 4.69) is 45.3 Å². The molecule has 0 aromatic carbocycles. The first-order valence-electron chi connectivity index (χ1n) is 5.28. The molecule has 0 saturated heterocycles. The van der Waals surface area contributed by atoms with E-state index in [1.54, 1.807) is 0 Å². The maximum Gasteiger partial charge on any atom is 0.233 e. The number of rotatable bonds is 5. The predicted octanol–water partition coefficient (Wildman–Crippen LogP) is 1.39. The van der Waals surface area contributed by atoms with Crippen molar-refractivity contribution < 1.29 is 4.79 Å². The minimum atomic E-state index is 0.0861. The molecule has 0 bridgehead atoms. The molecule has 0 aliphatic carbocycles. The Kier molecular flexibility index (Phi) is 5.77. The molecule has 0 rings (SSSR count). The molecule has 3 heteroatoms. The van der Waals surface area contributed by atoms with Gasteiger partial charge in [-0.2, -0.15) is 0 Å². The lowest BCUT2D eigenvalue weighted by molar-refractivity contribution is -0.120. The van der Waals surface area contributed by atoms with Gasteiger partial charge in [0.2, 0.25) is 5.91 Å². The van der Waals surface area contributed by atoms with Gasteiger partial charge in [0, 0.05) is 13.1 Å². The first kappa shape index (κ1) is 13.4. The molecule has 0 spiro atoms. The van der Waals surface area contributed by atoms with Crippen LogP contribution in [0.1, 0.15) is 34.6 Å². The van der Waals surface area contributed by atoms with Crippen LogP contribution in [0.5, 0.6) is 0 Å². The molecule has 14 heavy (non-hydrogen) atoms. The minimum absolute atomic E-state index is 0.0861. The van der Waals surface area contributed by atoms with E-state index >= 15 is 0 Å². The maximum absolute atomic E-state index is 11.3. The molecule has 0 unspecified atom stereocenters. The number of amides is 1. The predicted molar refractivity (Wildman–Crippen MR) is 60.2 cm³/mol. The van der Waals surface area contributed by atoms with Crippen LogP contribution in [0.2, 0.25) is 0 Å². The Morgan fingerprint density at radius 1 is 1.29 bits per heavy atom. The zero-order valence-corrected chi connectivity index (χ0v) is 10.1. The molecule has 84 valence electrons. The molecular weight excluding hydrogens is 176 g/mol. The average Bonchev–Trinajstić information content (AvgIpc) is 1.98. The minimum Gasteiger partial charge on any atom is -0.355 e. The molecule has 0 atom stereocenters. The van der Waals surface area contributed by atoms with Gasteiger partial charge >= 0.3 is 0 Å². The van der Waals surface area contributed by atoms with Crippen molar-refractivity contribution in [1.29, 1.82) is 0 Å². The Bertz CT molecular complexity index is 171. The number of carbonyl (C=O) groups is 1. The van der Waals surface area contributed by atoms with Crippen molar-refractivity contribution in [2.45, 2.75) is 34.6 Å². The standard InChI is InChI=1S/C11H24N2O/c1-9(2)6-13-10(14)7-12-8-11(3,4)5/h9,12H,6-8H2,1-5H3,(H,13,14). The Hall–Kier alpha value is -0.570. The summed E-state index contributed by atoms with van der Waals surface area (Å²) >= 11 is 0. The van der Waals surface area contributed by atoms with Crippen molar-refractivity contribution >= 4 is 5.91 Å². The van der Waals surface area contributed by atoms with E-state index in [4.69, 9.17) is 0 Å². The zero-order chi connectivity index (χ0) is 11.2. The highest BCUT2D eigenvalue weighted by atomic mass is 16.1. The van der Waals surface area contributed by atoms with Crippen LogP contribution in [-0.2, 0) is 4.79 Å². The third kappa shape index (κ3) is 9.52. The first-order valence-corrected chi connectivity index (χ1v) is 5.28. The summed E-state index contributed by atoms with van der Waals surface area (Å²) in [6, 6.07) is 0. The van der Waals surface area contributed by atoms with Gasteiger partial charge in [0.25, 0.3) is 0 Å². The lowest BCUT2D eigenvalue weighted by Crippen LogP contribution is -2.38. The molecule has 0 aliphatic heterocycles. The second kappa shape index (κ2) is 6.02. The van der Waals surface area contributed by atoms with E-state index in [0.29, 0.717) is 12.5 Å². The fourth-order valence-electron chi connectivity index (χ4n) is 0.931. The normalized spacial score (nSPS) is 11.9. The summed E-state index contributed by atoms with van der Waals surface area (Å²) in [5.74, 6) is 0.601. The summed E-state index contributed by atoms with van der Waals surface area (Å²) in [4.78, 5) is 11.3. The summed E-state index contributed by atoms with van der Waals surface area (Å²) in [5, 5.41) is 6.00. The van der Waals surface area contributed by atoms with E-state index in [1.807, 2.05) is 0 Å². The van der Waals surface area contributed by atoms with Crippen LogP contribution in [-0.4, -0.2) is 25.5 Å². The topological polar surface area (TPSA) is 41.1 Å². The van der Waals surface area contributed by atoms with E-state index in [9.17, 15) is 4.79 Å². The highest BCUT2D eigenvalue weighted by Gasteiger charge is 2.10. The van der Waals surface area contributed by atoms with Crippen molar-refractivity contribution in [2.75, 3.05) is 19.6 Å². The highest BCUT2D eigenvalue weighted by molar-refractivity contribution is 5.77. The van der Waals surface area contributed by atoms with Crippen LogP contribution in [0, 0.1) is 11.3 Å². The van der Waals surface area contributed by atoms with Crippen LogP contribution in [0.25, 0.3) is 0 Å². The lowest BCUT2D eigenvalue weighted by atomic mass is 9.97. The van der Waals surface area contributed by atoms with Gasteiger partial charge in [-0.25, -0.2) is 0 Å². The summed E-state index contributed by atoms with van der Waals surface area (Å²) in [6.45, 7) is 12.7. The van der Waals surface area contributed by atoms with Gasteiger partial charge in [-0.1, -0.05) is 34.6 Å². The molecule has 3 nitrogen and oxygen atoms in total. The second-order valence-corrected chi connectivity index (χ2v) is 5.36. The van der Waals surface area contributed by atoms with E-state index in [-0.39, 0.29) is 11.3 Å². The molecule has 0 aromatic rings. The molecule has 0 radical (unpaired) electrons. The summed E-state index contributed by atoms with van der Waals surface area (Å²) in [5.41, 5.74) is 0.234. The third-order valence-corrected chi connectivity index (χ3v) is 1.65. The summed E-state index contributed by atoms with van der Waals surface area (Å²) in [6.07, 6.45) is 0. The van der Waals surface area contributed by atoms with E-state index in [0.717, 1.165) is 13.1 Å². The Morgan fingerprint density at radius 3 is 2.29 bits per heavy atom. The highest BCUT2D eigenvalue weighted by Crippen LogP contribution is 2.09. The molecule has 0 saturated carbocycles. The molecular formula is C11H24N2O. The molecule has 0 aromatic heterocycles. The maximum atomic E-state index is 11.3. The van der Waals surface area contributed by atoms with Crippen molar-refractivity contribution in [2.24, 2.45) is 11.3 Å². The van der Waals surface area contributed by atoms with Gasteiger partial charge < -0.3 is 10.6 Å². The van der Waals surface area contributed by atoms with Crippen molar-refractivity contribution in [3.63, 3.8) is 0 Å². The van der Waals surface area contributed by atoms with Gasteiger partial charge in [0.15, 0.2) is 0 Å². The Morgan fingerprint density at radius 2 is 1.86 bits per heavy atom. The molecule has 0 aliphatic rings. The van der Waals surface area contributed by atoms with Crippen molar-refractivity contribution in [3.05, 3.63) is 0 Å². The summed E-state index contributed by atoms with van der Waals surface area (Å²) < 4.78 is 0. The van der Waals surface area contributed by atoms with Gasteiger partial charge in [0.05, 0.1) is 6.54 Å². The lowest BCUT2D eigenvalue weighted by Gasteiger charge is -2.18. The number of hydrogen-bond acceptors (Lipinski definition) is 2. The van der Waals surface area contributed by atoms with Crippen LogP contribution in [0.15, 0.2) is 0 Å². The summed E-state index contributed by atoms with van der Waals surface area (Å²) in [7, 11) is 0. The monoisotopic (exact) mass is 200 g/mol. The fourth-order valence-corrected chi connectivity index (χ4v) is 0.931. The van der Waals surface area contributed by atoms with Crippen molar-refractivity contribution in [3.8, 4) is 0 Å². The van der Waals surface area contributed by atoms with Gasteiger partial charge in [-0.15, -0.1) is 0 Å². The largest absolute Gasteiger partial charge is 0.355 e. The first-order chi connectivity index (χ1) is 6.31. The van der Waals surface area contributed by atoms with Gasteiger partial charge in [-0.05, 0) is 11.3 Å². The average molecular weight is 200 g/mol. The number of carbonyl (C=O) groups excluding carboxylic acids is 1. The number of nitrogens with one attached hydrogen (secondary N) is 2. The van der Waals surface area contributed by atoms with Crippen LogP contribution in [0.3, 0.4) is 0 Å². The van der Waals surface area contributed by atoms with Gasteiger partial charge in [0.1, 0.15) is 0 Å². The van der Waals surface area contributed by atoms with E-state index < -0.39 is 0 Å². The quantitative estimate of drug-likeness (QED) is 0.704. The SMILES string of the molecule is CC(C)CNC(=O)CNCC(C)(C)C. The van der Waals surface area contributed by atoms with Gasteiger partial charge in [-0.3, -0.25) is 4.79 Å². The smallest absolute Gasteiger partial charge is 0.233 e. The second-order valence-electron chi connectivity index (χ2n) is 5.36. The molecule has 2 N–H and O–H groups in total. The van der Waals surface area contributed by atoms with Crippen LogP contribution < -0.4 is 10.6 Å². The molecule has 1 amide bonds. The Labute approximate surface area is 87.6 Å².